The van der Waals surface area contributed by atoms with E-state index in [1.807, 2.05) is 18.2 Å². The summed E-state index contributed by atoms with van der Waals surface area (Å²) >= 11 is 6.16. The molecule has 3 heteroatoms. The van der Waals surface area contributed by atoms with Crippen molar-refractivity contribution in [3.63, 3.8) is 0 Å². The summed E-state index contributed by atoms with van der Waals surface area (Å²) in [4.78, 5) is 0. The minimum absolute atomic E-state index is 0.195. The SMILES string of the molecule is CCNCc1cccc(Cl)c1OC(C)CC. The van der Waals surface area contributed by atoms with Crippen LogP contribution < -0.4 is 10.1 Å². The number of rotatable bonds is 6. The summed E-state index contributed by atoms with van der Waals surface area (Å²) in [5.41, 5.74) is 1.12. The highest BCUT2D eigenvalue weighted by molar-refractivity contribution is 6.32. The molecule has 0 aliphatic rings. The van der Waals surface area contributed by atoms with E-state index in [-0.39, 0.29) is 6.10 Å². The maximum Gasteiger partial charge on any atom is 0.142 e. The van der Waals surface area contributed by atoms with E-state index in [9.17, 15) is 0 Å². The molecule has 2 nitrogen and oxygen atoms in total. The van der Waals surface area contributed by atoms with Crippen LogP contribution in [0.4, 0.5) is 0 Å². The van der Waals surface area contributed by atoms with Crippen molar-refractivity contribution in [3.8, 4) is 5.75 Å². The van der Waals surface area contributed by atoms with E-state index in [0.717, 1.165) is 30.8 Å². The number of halogens is 1. The molecule has 0 amide bonds. The monoisotopic (exact) mass is 241 g/mol. The van der Waals surface area contributed by atoms with Crippen molar-refractivity contribution in [2.24, 2.45) is 0 Å². The second kappa shape index (κ2) is 6.77. The maximum absolute atomic E-state index is 6.16. The van der Waals surface area contributed by atoms with Gasteiger partial charge in [-0.2, -0.15) is 0 Å². The van der Waals surface area contributed by atoms with Crippen LogP contribution in [-0.2, 0) is 6.54 Å². The lowest BCUT2D eigenvalue weighted by atomic mass is 10.2. The molecule has 1 N–H and O–H groups in total. The Balaban J connectivity index is 2.85. The van der Waals surface area contributed by atoms with Gasteiger partial charge in [0, 0.05) is 12.1 Å². The molecule has 0 saturated carbocycles. The van der Waals surface area contributed by atoms with Crippen LogP contribution in [0.1, 0.15) is 32.8 Å². The normalized spacial score (nSPS) is 12.5. The van der Waals surface area contributed by atoms with Gasteiger partial charge in [0.25, 0.3) is 0 Å². The van der Waals surface area contributed by atoms with E-state index in [1.165, 1.54) is 0 Å². The lowest BCUT2D eigenvalue weighted by Crippen LogP contribution is -2.16. The van der Waals surface area contributed by atoms with Crippen molar-refractivity contribution < 1.29 is 4.74 Å². The van der Waals surface area contributed by atoms with Gasteiger partial charge in [0.05, 0.1) is 11.1 Å². The lowest BCUT2D eigenvalue weighted by molar-refractivity contribution is 0.215. The van der Waals surface area contributed by atoms with Gasteiger partial charge in [-0.05, 0) is 26.0 Å². The third-order valence-electron chi connectivity index (χ3n) is 2.51. The molecule has 1 rings (SSSR count). The number of hydrogen-bond donors (Lipinski definition) is 1. The van der Waals surface area contributed by atoms with Crippen molar-refractivity contribution in [1.82, 2.24) is 5.32 Å². The largest absolute Gasteiger partial charge is 0.489 e. The van der Waals surface area contributed by atoms with Gasteiger partial charge >= 0.3 is 0 Å². The van der Waals surface area contributed by atoms with Crippen LogP contribution in [0.25, 0.3) is 0 Å². The van der Waals surface area contributed by atoms with Gasteiger partial charge in [0.2, 0.25) is 0 Å². The number of ether oxygens (including phenoxy) is 1. The Kier molecular flexibility index (Phi) is 5.64. The molecule has 0 aliphatic heterocycles. The fourth-order valence-electron chi connectivity index (χ4n) is 1.37. The van der Waals surface area contributed by atoms with Crippen LogP contribution >= 0.6 is 11.6 Å². The van der Waals surface area contributed by atoms with Crippen molar-refractivity contribution in [2.75, 3.05) is 6.54 Å². The quantitative estimate of drug-likeness (QED) is 0.821. The molecular formula is C13H20ClNO. The van der Waals surface area contributed by atoms with E-state index in [2.05, 4.69) is 26.1 Å². The predicted molar refractivity (Wildman–Crippen MR) is 69.2 cm³/mol. The first-order valence-corrected chi connectivity index (χ1v) is 6.21. The van der Waals surface area contributed by atoms with Gasteiger partial charge in [-0.25, -0.2) is 0 Å². The van der Waals surface area contributed by atoms with Crippen molar-refractivity contribution in [1.29, 1.82) is 0 Å². The molecule has 0 bridgehead atoms. The lowest BCUT2D eigenvalue weighted by Gasteiger charge is -2.17. The first kappa shape index (κ1) is 13.3. The highest BCUT2D eigenvalue weighted by atomic mass is 35.5. The van der Waals surface area contributed by atoms with Gasteiger partial charge in [-0.15, -0.1) is 0 Å². The number of nitrogens with one attached hydrogen (secondary N) is 1. The Bertz CT molecular complexity index is 328. The summed E-state index contributed by atoms with van der Waals surface area (Å²) in [6, 6.07) is 5.87. The van der Waals surface area contributed by atoms with Crippen LogP contribution in [0, 0.1) is 0 Å². The Labute approximate surface area is 103 Å². The third kappa shape index (κ3) is 3.69. The van der Waals surface area contributed by atoms with Crippen molar-refractivity contribution in [2.45, 2.75) is 39.8 Å². The van der Waals surface area contributed by atoms with Crippen molar-refractivity contribution >= 4 is 11.6 Å². The fraction of sp³-hybridized carbons (Fsp3) is 0.538. The first-order valence-electron chi connectivity index (χ1n) is 5.83. The molecule has 0 aliphatic carbocycles. The molecular weight excluding hydrogens is 222 g/mol. The van der Waals surface area contributed by atoms with Crippen LogP contribution in [0.15, 0.2) is 18.2 Å². The van der Waals surface area contributed by atoms with Crippen LogP contribution in [0.2, 0.25) is 5.02 Å². The van der Waals surface area contributed by atoms with Crippen molar-refractivity contribution in [3.05, 3.63) is 28.8 Å². The van der Waals surface area contributed by atoms with E-state index < -0.39 is 0 Å². The summed E-state index contributed by atoms with van der Waals surface area (Å²) in [6.07, 6.45) is 1.17. The zero-order valence-corrected chi connectivity index (χ0v) is 11.0. The van der Waals surface area contributed by atoms with E-state index in [0.29, 0.717) is 5.02 Å². The Morgan fingerprint density at radius 1 is 1.38 bits per heavy atom. The van der Waals surface area contributed by atoms with Gasteiger partial charge in [-0.3, -0.25) is 0 Å². The van der Waals surface area contributed by atoms with Gasteiger partial charge in [0.15, 0.2) is 0 Å². The summed E-state index contributed by atoms with van der Waals surface area (Å²) < 4.78 is 5.85. The highest BCUT2D eigenvalue weighted by Crippen LogP contribution is 2.29. The minimum atomic E-state index is 0.195. The second-order valence-corrected chi connectivity index (χ2v) is 4.25. The summed E-state index contributed by atoms with van der Waals surface area (Å²) in [7, 11) is 0. The average Bonchev–Trinajstić information content (AvgIpc) is 2.29. The smallest absolute Gasteiger partial charge is 0.142 e. The Hall–Kier alpha value is -0.730. The third-order valence-corrected chi connectivity index (χ3v) is 2.81. The molecule has 0 spiro atoms. The van der Waals surface area contributed by atoms with Crippen LogP contribution in [0.3, 0.4) is 0 Å². The highest BCUT2D eigenvalue weighted by Gasteiger charge is 2.10. The predicted octanol–water partition coefficient (Wildman–Crippen LogP) is 3.63. The van der Waals surface area contributed by atoms with Gasteiger partial charge in [-0.1, -0.05) is 37.6 Å². The maximum atomic E-state index is 6.16. The van der Waals surface area contributed by atoms with E-state index in [4.69, 9.17) is 16.3 Å². The molecule has 1 unspecified atom stereocenters. The van der Waals surface area contributed by atoms with Gasteiger partial charge < -0.3 is 10.1 Å². The fourth-order valence-corrected chi connectivity index (χ4v) is 1.61. The Morgan fingerprint density at radius 2 is 2.12 bits per heavy atom. The molecule has 90 valence electrons. The van der Waals surface area contributed by atoms with Crippen LogP contribution in [0.5, 0.6) is 5.75 Å². The van der Waals surface area contributed by atoms with E-state index >= 15 is 0 Å². The molecule has 1 atom stereocenters. The number of benzene rings is 1. The topological polar surface area (TPSA) is 21.3 Å². The van der Waals surface area contributed by atoms with Crippen LogP contribution in [-0.4, -0.2) is 12.6 Å². The summed E-state index contributed by atoms with van der Waals surface area (Å²) in [5.74, 6) is 0.819. The average molecular weight is 242 g/mol. The summed E-state index contributed by atoms with van der Waals surface area (Å²) in [6.45, 7) is 7.98. The number of hydrogen-bond acceptors (Lipinski definition) is 2. The van der Waals surface area contributed by atoms with Gasteiger partial charge in [0.1, 0.15) is 5.75 Å². The molecule has 0 aromatic heterocycles. The number of para-hydroxylation sites is 1. The minimum Gasteiger partial charge on any atom is -0.489 e. The molecule has 0 radical (unpaired) electrons. The first-order chi connectivity index (χ1) is 7.69. The Morgan fingerprint density at radius 3 is 2.75 bits per heavy atom. The molecule has 0 saturated heterocycles. The second-order valence-electron chi connectivity index (χ2n) is 3.85. The standard InChI is InChI=1S/C13H20ClNO/c1-4-10(3)16-13-11(9-15-5-2)7-6-8-12(13)14/h6-8,10,15H,4-5,9H2,1-3H3. The molecule has 0 heterocycles. The molecule has 1 aromatic rings. The zero-order valence-electron chi connectivity index (χ0n) is 10.2. The molecule has 16 heavy (non-hydrogen) atoms. The zero-order chi connectivity index (χ0) is 12.0. The van der Waals surface area contributed by atoms with E-state index in [1.54, 1.807) is 0 Å². The molecule has 0 fully saturated rings. The molecule has 1 aromatic carbocycles. The summed E-state index contributed by atoms with van der Waals surface area (Å²) in [5, 5.41) is 3.98.